The summed E-state index contributed by atoms with van der Waals surface area (Å²) in [7, 11) is 3.95. The third-order valence-corrected chi connectivity index (χ3v) is 4.09. The fourth-order valence-electron chi connectivity index (χ4n) is 2.78. The number of nitrogens with one attached hydrogen (secondary N) is 1. The number of halogens is 2. The Kier molecular flexibility index (Phi) is 7.63. The van der Waals surface area contributed by atoms with Gasteiger partial charge in [-0.05, 0) is 38.7 Å². The van der Waals surface area contributed by atoms with Crippen LogP contribution < -0.4 is 11.1 Å². The van der Waals surface area contributed by atoms with E-state index in [4.69, 9.17) is 10.7 Å². The number of nitrogen functional groups attached to an aromatic ring is 1. The van der Waals surface area contributed by atoms with Crippen molar-refractivity contribution in [3.8, 4) is 0 Å². The highest BCUT2D eigenvalue weighted by Gasteiger charge is 2.14. The minimum atomic E-state index is -0.124. The van der Waals surface area contributed by atoms with Gasteiger partial charge in [0.2, 0.25) is 0 Å². The maximum atomic E-state index is 12.5. The Morgan fingerprint density at radius 2 is 1.88 bits per heavy atom. The number of benzene rings is 2. The van der Waals surface area contributed by atoms with Crippen molar-refractivity contribution in [1.82, 2.24) is 15.2 Å². The van der Waals surface area contributed by atoms with Crippen molar-refractivity contribution in [2.75, 3.05) is 32.9 Å². The smallest absolute Gasteiger partial charge is 0.253 e. The van der Waals surface area contributed by atoms with Crippen LogP contribution in [0, 0.1) is 6.92 Å². The Morgan fingerprint density at radius 3 is 2.58 bits per heavy atom. The molecule has 0 fully saturated rings. The first-order chi connectivity index (χ1) is 11.5. The largest absolute Gasteiger partial charge is 0.398 e. The van der Waals surface area contributed by atoms with Crippen molar-refractivity contribution >= 4 is 58.2 Å². The summed E-state index contributed by atoms with van der Waals surface area (Å²) in [6.07, 6.45) is 0. The third kappa shape index (κ3) is 4.36. The summed E-state index contributed by atoms with van der Waals surface area (Å²) < 4.78 is 0. The Bertz CT molecular complexity index is 928. The zero-order chi connectivity index (χ0) is 17.3. The number of nitrogens with two attached hydrogens (primary N) is 1. The molecule has 0 atom stereocenters. The van der Waals surface area contributed by atoms with Crippen molar-refractivity contribution in [3.63, 3.8) is 0 Å². The number of rotatable bonds is 4. The average Bonchev–Trinajstić information content (AvgIpc) is 2.54. The predicted octanol–water partition coefficient (Wildman–Crippen LogP) is 3.41. The number of carbonyl (C=O) groups is 1. The second kappa shape index (κ2) is 9.03. The van der Waals surface area contributed by atoms with Crippen LogP contribution in [0.3, 0.4) is 0 Å². The second-order valence-corrected chi connectivity index (χ2v) is 6.31. The molecule has 0 radical (unpaired) electrons. The molecule has 1 heterocycles. The molecule has 0 bridgehead atoms. The van der Waals surface area contributed by atoms with E-state index in [9.17, 15) is 4.79 Å². The van der Waals surface area contributed by atoms with Crippen LogP contribution in [0.25, 0.3) is 21.8 Å². The van der Waals surface area contributed by atoms with Gasteiger partial charge in [0, 0.05) is 23.9 Å². The maximum absolute atomic E-state index is 12.5. The van der Waals surface area contributed by atoms with Gasteiger partial charge in [-0.15, -0.1) is 24.8 Å². The van der Waals surface area contributed by atoms with Gasteiger partial charge in [-0.1, -0.05) is 24.3 Å². The topological polar surface area (TPSA) is 71.2 Å². The number of carbonyl (C=O) groups excluding carboxylic acids is 1. The number of para-hydroxylation sites is 1. The quantitative estimate of drug-likeness (QED) is 0.665. The SMILES string of the molecule is Cc1ccc2c(N)c3cccc(C(=O)NCCN(C)C)c3nc2c1.Cl.Cl. The molecule has 0 aliphatic heterocycles. The molecule has 3 aromatic rings. The van der Waals surface area contributed by atoms with Crippen LogP contribution in [0.15, 0.2) is 36.4 Å². The van der Waals surface area contributed by atoms with Crippen LogP contribution in [0.1, 0.15) is 15.9 Å². The van der Waals surface area contributed by atoms with E-state index in [-0.39, 0.29) is 30.7 Å². The van der Waals surface area contributed by atoms with Crippen LogP contribution in [0.4, 0.5) is 5.69 Å². The van der Waals surface area contributed by atoms with Gasteiger partial charge in [0.25, 0.3) is 5.91 Å². The molecule has 2 aromatic carbocycles. The lowest BCUT2D eigenvalue weighted by molar-refractivity contribution is 0.0952. The molecular formula is C19H24Cl2N4O. The summed E-state index contributed by atoms with van der Waals surface area (Å²) in [4.78, 5) is 19.3. The van der Waals surface area contributed by atoms with Crippen LogP contribution in [-0.4, -0.2) is 43.0 Å². The van der Waals surface area contributed by atoms with Gasteiger partial charge in [0.1, 0.15) is 0 Å². The summed E-state index contributed by atoms with van der Waals surface area (Å²) in [6.45, 7) is 3.39. The minimum absolute atomic E-state index is 0. The van der Waals surface area contributed by atoms with Gasteiger partial charge >= 0.3 is 0 Å². The van der Waals surface area contributed by atoms with E-state index in [0.717, 1.165) is 28.4 Å². The molecule has 0 unspecified atom stereocenters. The standard InChI is InChI=1S/C19H22N4O.2ClH/c1-12-7-8-13-16(11-12)22-18-14(17(13)20)5-4-6-15(18)19(24)21-9-10-23(2)3;;/h4-8,11H,9-10H2,1-3H3,(H2,20,22)(H,21,24);2*1H. The number of aromatic nitrogens is 1. The molecule has 0 spiro atoms. The Hall–Kier alpha value is -2.08. The number of anilines is 1. The predicted molar refractivity (Wildman–Crippen MR) is 114 cm³/mol. The highest BCUT2D eigenvalue weighted by Crippen LogP contribution is 2.30. The number of fused-ring (bicyclic) bond motifs is 2. The third-order valence-electron chi connectivity index (χ3n) is 4.09. The highest BCUT2D eigenvalue weighted by molar-refractivity contribution is 6.13. The number of hydrogen-bond acceptors (Lipinski definition) is 4. The molecule has 5 nitrogen and oxygen atoms in total. The Balaban J connectivity index is 0.00000169. The molecule has 7 heteroatoms. The molecule has 1 amide bonds. The first-order valence-corrected chi connectivity index (χ1v) is 7.99. The van der Waals surface area contributed by atoms with E-state index in [0.29, 0.717) is 23.3 Å². The molecule has 0 aliphatic carbocycles. The molecule has 26 heavy (non-hydrogen) atoms. The van der Waals surface area contributed by atoms with E-state index < -0.39 is 0 Å². The van der Waals surface area contributed by atoms with E-state index in [1.54, 1.807) is 6.07 Å². The first-order valence-electron chi connectivity index (χ1n) is 7.99. The molecular weight excluding hydrogens is 371 g/mol. The zero-order valence-corrected chi connectivity index (χ0v) is 16.7. The summed E-state index contributed by atoms with van der Waals surface area (Å²) in [6, 6.07) is 11.5. The van der Waals surface area contributed by atoms with Crippen molar-refractivity contribution in [1.29, 1.82) is 0 Å². The normalized spacial score (nSPS) is 10.5. The van der Waals surface area contributed by atoms with E-state index in [1.165, 1.54) is 0 Å². The molecule has 0 saturated heterocycles. The van der Waals surface area contributed by atoms with Gasteiger partial charge in [0.15, 0.2) is 0 Å². The Labute approximate surface area is 165 Å². The van der Waals surface area contributed by atoms with Crippen molar-refractivity contribution < 1.29 is 4.79 Å². The fourth-order valence-corrected chi connectivity index (χ4v) is 2.78. The summed E-state index contributed by atoms with van der Waals surface area (Å²) >= 11 is 0. The average molecular weight is 395 g/mol. The fraction of sp³-hybridized carbons (Fsp3) is 0.263. The number of aryl methyl sites for hydroxylation is 1. The second-order valence-electron chi connectivity index (χ2n) is 6.31. The lowest BCUT2D eigenvalue weighted by Gasteiger charge is -2.13. The minimum Gasteiger partial charge on any atom is -0.398 e. The van der Waals surface area contributed by atoms with Gasteiger partial charge in [-0.3, -0.25) is 4.79 Å². The van der Waals surface area contributed by atoms with Crippen LogP contribution in [0.2, 0.25) is 0 Å². The molecule has 3 N–H and O–H groups in total. The first kappa shape index (κ1) is 22.0. The molecule has 0 aliphatic rings. The van der Waals surface area contributed by atoms with Crippen molar-refractivity contribution in [2.45, 2.75) is 6.92 Å². The van der Waals surface area contributed by atoms with E-state index >= 15 is 0 Å². The van der Waals surface area contributed by atoms with Crippen molar-refractivity contribution in [3.05, 3.63) is 47.5 Å². The van der Waals surface area contributed by atoms with Gasteiger partial charge in [-0.2, -0.15) is 0 Å². The number of pyridine rings is 1. The monoisotopic (exact) mass is 394 g/mol. The van der Waals surface area contributed by atoms with E-state index in [1.807, 2.05) is 56.3 Å². The molecule has 1 aromatic heterocycles. The molecule has 3 rings (SSSR count). The van der Waals surface area contributed by atoms with E-state index in [2.05, 4.69) is 5.32 Å². The summed E-state index contributed by atoms with van der Waals surface area (Å²) in [5.41, 5.74) is 10.1. The van der Waals surface area contributed by atoms with Gasteiger partial charge in [-0.25, -0.2) is 4.98 Å². The molecule has 0 saturated carbocycles. The molecule has 140 valence electrons. The van der Waals surface area contributed by atoms with Gasteiger partial charge < -0.3 is 16.0 Å². The lowest BCUT2D eigenvalue weighted by Crippen LogP contribution is -2.31. The summed E-state index contributed by atoms with van der Waals surface area (Å²) in [5.74, 6) is -0.124. The van der Waals surface area contributed by atoms with Crippen molar-refractivity contribution in [2.24, 2.45) is 0 Å². The van der Waals surface area contributed by atoms with Crippen LogP contribution >= 0.6 is 24.8 Å². The summed E-state index contributed by atoms with van der Waals surface area (Å²) in [5, 5.41) is 4.67. The zero-order valence-electron chi connectivity index (χ0n) is 15.1. The van der Waals surface area contributed by atoms with Crippen LogP contribution in [0.5, 0.6) is 0 Å². The number of likely N-dealkylation sites (N-methyl/N-ethyl adjacent to an activating group) is 1. The number of nitrogens with zero attached hydrogens (tertiary/aromatic N) is 2. The van der Waals surface area contributed by atoms with Crippen LogP contribution in [-0.2, 0) is 0 Å². The Morgan fingerprint density at radius 1 is 1.15 bits per heavy atom. The van der Waals surface area contributed by atoms with Gasteiger partial charge in [0.05, 0.1) is 22.3 Å². The lowest BCUT2D eigenvalue weighted by atomic mass is 10.0. The number of amides is 1. The maximum Gasteiger partial charge on any atom is 0.253 e. The highest BCUT2D eigenvalue weighted by atomic mass is 35.5. The number of hydrogen-bond donors (Lipinski definition) is 2.